The molecule has 0 aliphatic carbocycles. The molecule has 1 aliphatic rings. The molecule has 72 valence electrons. The highest BCUT2D eigenvalue weighted by atomic mass is 32.2. The van der Waals surface area contributed by atoms with Crippen molar-refractivity contribution in [3.63, 3.8) is 0 Å². The van der Waals surface area contributed by atoms with Crippen molar-refractivity contribution < 1.29 is 4.74 Å². The highest BCUT2D eigenvalue weighted by Gasteiger charge is 2.16. The van der Waals surface area contributed by atoms with E-state index in [-0.39, 0.29) is 0 Å². The van der Waals surface area contributed by atoms with Crippen molar-refractivity contribution in [3.8, 4) is 0 Å². The maximum absolute atomic E-state index is 5.48. The van der Waals surface area contributed by atoms with Gasteiger partial charge in [-0.15, -0.1) is 0 Å². The van der Waals surface area contributed by atoms with Crippen molar-refractivity contribution in [2.45, 2.75) is 24.1 Å². The standard InChI is InChI=1S/C7H11N3OS2/c8-6-9-7(10-13-6)12-4-5-2-1-3-11-5/h5H,1-4H2,(H2,8,9,10). The van der Waals surface area contributed by atoms with E-state index in [9.17, 15) is 0 Å². The second kappa shape index (κ2) is 4.26. The van der Waals surface area contributed by atoms with Gasteiger partial charge in [0, 0.05) is 23.9 Å². The number of hydrogen-bond acceptors (Lipinski definition) is 6. The van der Waals surface area contributed by atoms with Crippen LogP contribution in [0.3, 0.4) is 0 Å². The first-order valence-corrected chi connectivity index (χ1v) is 5.94. The van der Waals surface area contributed by atoms with Gasteiger partial charge in [-0.3, -0.25) is 0 Å². The van der Waals surface area contributed by atoms with Crippen LogP contribution in [0.5, 0.6) is 0 Å². The van der Waals surface area contributed by atoms with Gasteiger partial charge in [-0.1, -0.05) is 11.8 Å². The van der Waals surface area contributed by atoms with Crippen LogP contribution in [0, 0.1) is 0 Å². The molecule has 0 saturated carbocycles. The largest absolute Gasteiger partial charge is 0.377 e. The lowest BCUT2D eigenvalue weighted by Crippen LogP contribution is -2.07. The van der Waals surface area contributed by atoms with Crippen LogP contribution in [0.25, 0.3) is 0 Å². The molecule has 1 fully saturated rings. The fourth-order valence-corrected chi connectivity index (χ4v) is 2.70. The van der Waals surface area contributed by atoms with Crippen molar-refractivity contribution in [2.24, 2.45) is 0 Å². The smallest absolute Gasteiger partial charge is 0.202 e. The van der Waals surface area contributed by atoms with E-state index < -0.39 is 0 Å². The van der Waals surface area contributed by atoms with Crippen molar-refractivity contribution in [1.29, 1.82) is 0 Å². The van der Waals surface area contributed by atoms with E-state index in [4.69, 9.17) is 10.5 Å². The fourth-order valence-electron chi connectivity index (χ4n) is 1.22. The molecule has 2 N–H and O–H groups in total. The Balaban J connectivity index is 1.78. The van der Waals surface area contributed by atoms with Gasteiger partial charge in [0.15, 0.2) is 0 Å². The molecular formula is C7H11N3OS2. The monoisotopic (exact) mass is 217 g/mol. The molecule has 6 heteroatoms. The zero-order valence-corrected chi connectivity index (χ0v) is 8.74. The van der Waals surface area contributed by atoms with E-state index in [0.717, 1.165) is 23.9 Å². The molecule has 0 spiro atoms. The number of rotatable bonds is 3. The molecule has 0 bridgehead atoms. The molecule has 1 aromatic rings. The summed E-state index contributed by atoms with van der Waals surface area (Å²) in [6.45, 7) is 0.901. The Morgan fingerprint density at radius 3 is 3.23 bits per heavy atom. The van der Waals surface area contributed by atoms with E-state index in [1.54, 1.807) is 11.8 Å². The Bertz CT molecular complexity index is 272. The highest BCUT2D eigenvalue weighted by Crippen LogP contribution is 2.23. The Hall–Kier alpha value is -0.330. The average Bonchev–Trinajstić information content (AvgIpc) is 2.71. The lowest BCUT2D eigenvalue weighted by molar-refractivity contribution is 0.129. The molecule has 0 amide bonds. The molecule has 0 aromatic carbocycles. The molecule has 1 atom stereocenters. The predicted octanol–water partition coefficient (Wildman–Crippen LogP) is 1.39. The maximum Gasteiger partial charge on any atom is 0.202 e. The van der Waals surface area contributed by atoms with Gasteiger partial charge in [-0.25, -0.2) is 0 Å². The normalized spacial score (nSPS) is 22.3. The molecule has 13 heavy (non-hydrogen) atoms. The van der Waals surface area contributed by atoms with E-state index in [0.29, 0.717) is 11.2 Å². The summed E-state index contributed by atoms with van der Waals surface area (Å²) in [5.74, 6) is 0.941. The molecule has 0 radical (unpaired) electrons. The van der Waals surface area contributed by atoms with Gasteiger partial charge in [0.1, 0.15) is 0 Å². The Kier molecular flexibility index (Phi) is 3.02. The fraction of sp³-hybridized carbons (Fsp3) is 0.714. The highest BCUT2D eigenvalue weighted by molar-refractivity contribution is 7.99. The third-order valence-electron chi connectivity index (χ3n) is 1.85. The van der Waals surface area contributed by atoms with Crippen LogP contribution in [-0.2, 0) is 4.74 Å². The van der Waals surface area contributed by atoms with E-state index >= 15 is 0 Å². The molecule has 4 nitrogen and oxygen atoms in total. The summed E-state index contributed by atoms with van der Waals surface area (Å²) in [4.78, 5) is 4.06. The van der Waals surface area contributed by atoms with Gasteiger partial charge in [0.2, 0.25) is 10.3 Å². The third-order valence-corrected chi connectivity index (χ3v) is 3.48. The van der Waals surface area contributed by atoms with Gasteiger partial charge in [0.25, 0.3) is 0 Å². The molecule has 2 heterocycles. The summed E-state index contributed by atoms with van der Waals surface area (Å²) in [6, 6.07) is 0. The Morgan fingerprint density at radius 1 is 1.69 bits per heavy atom. The summed E-state index contributed by atoms with van der Waals surface area (Å²) in [5, 5.41) is 1.31. The first-order valence-electron chi connectivity index (χ1n) is 4.18. The van der Waals surface area contributed by atoms with Crippen molar-refractivity contribution in [2.75, 3.05) is 18.1 Å². The van der Waals surface area contributed by atoms with Gasteiger partial charge >= 0.3 is 0 Å². The molecule has 1 saturated heterocycles. The number of hydrogen-bond donors (Lipinski definition) is 1. The minimum Gasteiger partial charge on any atom is -0.377 e. The van der Waals surface area contributed by atoms with Gasteiger partial charge in [0.05, 0.1) is 6.10 Å². The average molecular weight is 217 g/mol. The zero-order valence-electron chi connectivity index (χ0n) is 7.10. The van der Waals surface area contributed by atoms with Crippen LogP contribution in [0.15, 0.2) is 5.16 Å². The van der Waals surface area contributed by atoms with Crippen LogP contribution in [0.2, 0.25) is 0 Å². The minimum absolute atomic E-state index is 0.384. The molecule has 1 aliphatic heterocycles. The second-order valence-corrected chi connectivity index (χ2v) is 4.63. The van der Waals surface area contributed by atoms with Gasteiger partial charge in [-0.05, 0) is 12.8 Å². The van der Waals surface area contributed by atoms with E-state index in [1.807, 2.05) is 0 Å². The minimum atomic E-state index is 0.384. The number of aromatic nitrogens is 2. The summed E-state index contributed by atoms with van der Waals surface area (Å²) < 4.78 is 9.57. The third kappa shape index (κ3) is 2.55. The number of thioether (sulfide) groups is 1. The number of nitrogens with two attached hydrogens (primary N) is 1. The van der Waals surface area contributed by atoms with E-state index in [1.165, 1.54) is 18.0 Å². The topological polar surface area (TPSA) is 61.0 Å². The van der Waals surface area contributed by atoms with Crippen molar-refractivity contribution in [1.82, 2.24) is 9.36 Å². The van der Waals surface area contributed by atoms with Gasteiger partial charge in [-0.2, -0.15) is 9.36 Å². The predicted molar refractivity (Wildman–Crippen MR) is 54.0 cm³/mol. The maximum atomic E-state index is 5.48. The number of ether oxygens (including phenoxy) is 1. The van der Waals surface area contributed by atoms with Gasteiger partial charge < -0.3 is 10.5 Å². The summed E-state index contributed by atoms with van der Waals surface area (Å²) in [5.41, 5.74) is 5.46. The Morgan fingerprint density at radius 2 is 2.62 bits per heavy atom. The van der Waals surface area contributed by atoms with Crippen LogP contribution in [0.1, 0.15) is 12.8 Å². The van der Waals surface area contributed by atoms with Crippen LogP contribution in [-0.4, -0.2) is 27.8 Å². The number of nitrogens with zero attached hydrogens (tertiary/aromatic N) is 2. The molecule has 1 unspecified atom stereocenters. The SMILES string of the molecule is Nc1nc(SCC2CCCO2)ns1. The second-order valence-electron chi connectivity index (χ2n) is 2.86. The summed E-state index contributed by atoms with van der Waals surface area (Å²) in [7, 11) is 0. The van der Waals surface area contributed by atoms with Crippen LogP contribution in [0.4, 0.5) is 5.13 Å². The molecule has 1 aromatic heterocycles. The lowest BCUT2D eigenvalue weighted by atomic mass is 10.3. The van der Waals surface area contributed by atoms with Crippen molar-refractivity contribution >= 4 is 28.4 Å². The zero-order chi connectivity index (χ0) is 9.10. The van der Waals surface area contributed by atoms with Crippen LogP contribution < -0.4 is 5.73 Å². The number of anilines is 1. The molecule has 2 rings (SSSR count). The first-order chi connectivity index (χ1) is 6.34. The van der Waals surface area contributed by atoms with Crippen LogP contribution >= 0.6 is 23.3 Å². The lowest BCUT2D eigenvalue weighted by Gasteiger charge is -2.05. The summed E-state index contributed by atoms with van der Waals surface area (Å²) >= 11 is 2.86. The quantitative estimate of drug-likeness (QED) is 0.775. The number of nitrogen functional groups attached to an aromatic ring is 1. The summed E-state index contributed by atoms with van der Waals surface area (Å²) in [6.07, 6.45) is 2.72. The van der Waals surface area contributed by atoms with E-state index in [2.05, 4.69) is 9.36 Å². The Labute approximate surface area is 85.0 Å². The molecular weight excluding hydrogens is 206 g/mol. The van der Waals surface area contributed by atoms with Crippen molar-refractivity contribution in [3.05, 3.63) is 0 Å². The first kappa shape index (κ1) is 9.23.